The van der Waals surface area contributed by atoms with Crippen molar-refractivity contribution in [3.8, 4) is 11.5 Å². The Morgan fingerprint density at radius 3 is 2.00 bits per heavy atom. The van der Waals surface area contributed by atoms with E-state index in [1.54, 1.807) is 50.5 Å². The number of allylic oxidation sites excluding steroid dienone is 1. The van der Waals surface area contributed by atoms with E-state index in [1.807, 2.05) is 6.07 Å². The van der Waals surface area contributed by atoms with Crippen LogP contribution in [0.3, 0.4) is 0 Å². The predicted octanol–water partition coefficient (Wildman–Crippen LogP) is 5.81. The second-order valence-electron chi connectivity index (χ2n) is 7.92. The van der Waals surface area contributed by atoms with Gasteiger partial charge in [0.1, 0.15) is 11.5 Å². The standard InChI is InChI=1S/C27H35NO4/c1-6-9-22-18-23(26(32-17-8-3)19-25(22)31-16-7-2)14-15-24(29)20-10-12-21(13-11-20)27(30)28(4)5/h10-15,18-19H,6-9,16-17H2,1-5H3. The molecule has 172 valence electrons. The summed E-state index contributed by atoms with van der Waals surface area (Å²) in [5, 5.41) is 0. The maximum Gasteiger partial charge on any atom is 0.253 e. The summed E-state index contributed by atoms with van der Waals surface area (Å²) >= 11 is 0. The highest BCUT2D eigenvalue weighted by atomic mass is 16.5. The smallest absolute Gasteiger partial charge is 0.253 e. The fraction of sp³-hybridized carbons (Fsp3) is 0.407. The summed E-state index contributed by atoms with van der Waals surface area (Å²) in [6.07, 6.45) is 7.07. The van der Waals surface area contributed by atoms with Crippen molar-refractivity contribution in [2.45, 2.75) is 46.5 Å². The SMILES string of the molecule is CCCOc1cc(OCCC)c(CCC)cc1C=CC(=O)c1ccc(C(=O)N(C)C)cc1. The molecule has 0 atom stereocenters. The first-order valence-electron chi connectivity index (χ1n) is 11.4. The third-order valence-corrected chi connectivity index (χ3v) is 4.87. The largest absolute Gasteiger partial charge is 0.493 e. The summed E-state index contributed by atoms with van der Waals surface area (Å²) in [4.78, 5) is 26.3. The predicted molar refractivity (Wildman–Crippen MR) is 130 cm³/mol. The summed E-state index contributed by atoms with van der Waals surface area (Å²) in [7, 11) is 3.40. The van der Waals surface area contributed by atoms with Gasteiger partial charge in [0, 0.05) is 36.9 Å². The lowest BCUT2D eigenvalue weighted by molar-refractivity contribution is 0.0827. The van der Waals surface area contributed by atoms with Gasteiger partial charge in [0.15, 0.2) is 5.78 Å². The highest BCUT2D eigenvalue weighted by molar-refractivity contribution is 6.07. The second-order valence-corrected chi connectivity index (χ2v) is 7.92. The van der Waals surface area contributed by atoms with E-state index in [2.05, 4.69) is 26.8 Å². The van der Waals surface area contributed by atoms with Crippen LogP contribution in [-0.4, -0.2) is 43.9 Å². The van der Waals surface area contributed by atoms with Gasteiger partial charge >= 0.3 is 0 Å². The summed E-state index contributed by atoms with van der Waals surface area (Å²) in [6, 6.07) is 10.7. The third-order valence-electron chi connectivity index (χ3n) is 4.87. The van der Waals surface area contributed by atoms with Gasteiger partial charge in [-0.1, -0.05) is 39.3 Å². The Balaban J connectivity index is 2.30. The molecule has 5 heteroatoms. The van der Waals surface area contributed by atoms with Gasteiger partial charge in [-0.25, -0.2) is 0 Å². The molecule has 0 radical (unpaired) electrons. The van der Waals surface area contributed by atoms with Gasteiger partial charge in [-0.05, 0) is 55.2 Å². The molecule has 0 saturated heterocycles. The van der Waals surface area contributed by atoms with Gasteiger partial charge in [-0.15, -0.1) is 0 Å². The number of benzene rings is 2. The van der Waals surface area contributed by atoms with Crippen LogP contribution in [0.15, 0.2) is 42.5 Å². The summed E-state index contributed by atoms with van der Waals surface area (Å²) in [6.45, 7) is 7.53. The number of aryl methyl sites for hydroxylation is 1. The van der Waals surface area contributed by atoms with Crippen molar-refractivity contribution in [2.24, 2.45) is 0 Å². The molecular weight excluding hydrogens is 402 g/mol. The van der Waals surface area contributed by atoms with Crippen LogP contribution in [0, 0.1) is 0 Å². The van der Waals surface area contributed by atoms with Crippen LogP contribution in [0.5, 0.6) is 11.5 Å². The van der Waals surface area contributed by atoms with E-state index in [4.69, 9.17) is 9.47 Å². The summed E-state index contributed by atoms with van der Waals surface area (Å²) in [5.41, 5.74) is 3.06. The van der Waals surface area contributed by atoms with E-state index >= 15 is 0 Å². The molecule has 1 amide bonds. The fourth-order valence-corrected chi connectivity index (χ4v) is 3.20. The molecule has 32 heavy (non-hydrogen) atoms. The average molecular weight is 438 g/mol. The zero-order valence-electron chi connectivity index (χ0n) is 19.9. The molecule has 0 aliphatic carbocycles. The van der Waals surface area contributed by atoms with Crippen molar-refractivity contribution in [2.75, 3.05) is 27.3 Å². The molecular formula is C27H35NO4. The Morgan fingerprint density at radius 1 is 0.844 bits per heavy atom. The molecule has 0 aliphatic rings. The molecule has 0 fully saturated rings. The van der Waals surface area contributed by atoms with E-state index in [9.17, 15) is 9.59 Å². The first kappa shape index (κ1) is 25.2. The van der Waals surface area contributed by atoms with E-state index in [1.165, 1.54) is 4.90 Å². The van der Waals surface area contributed by atoms with Crippen LogP contribution in [0.4, 0.5) is 0 Å². The molecule has 2 aromatic carbocycles. The van der Waals surface area contributed by atoms with Crippen LogP contribution in [0.1, 0.15) is 71.9 Å². The molecule has 0 unspecified atom stereocenters. The minimum atomic E-state index is -0.126. The Hall–Kier alpha value is -3.08. The lowest BCUT2D eigenvalue weighted by Crippen LogP contribution is -2.21. The minimum Gasteiger partial charge on any atom is -0.493 e. The Labute approximate surface area is 192 Å². The first-order chi connectivity index (χ1) is 15.4. The first-order valence-corrected chi connectivity index (χ1v) is 11.4. The molecule has 0 aliphatic heterocycles. The molecule has 0 N–H and O–H groups in total. The normalized spacial score (nSPS) is 10.9. The zero-order valence-corrected chi connectivity index (χ0v) is 19.9. The lowest BCUT2D eigenvalue weighted by atomic mass is 10.0. The van der Waals surface area contributed by atoms with Gasteiger partial charge in [-0.2, -0.15) is 0 Å². The van der Waals surface area contributed by atoms with Crippen LogP contribution in [0.25, 0.3) is 6.08 Å². The molecule has 0 aromatic heterocycles. The highest BCUT2D eigenvalue weighted by Crippen LogP contribution is 2.32. The quantitative estimate of drug-likeness (QED) is 0.310. The molecule has 2 rings (SSSR count). The maximum absolute atomic E-state index is 12.7. The van der Waals surface area contributed by atoms with Gasteiger partial charge in [0.2, 0.25) is 0 Å². The van der Waals surface area contributed by atoms with E-state index in [-0.39, 0.29) is 11.7 Å². The number of hydrogen-bond donors (Lipinski definition) is 0. The third kappa shape index (κ3) is 6.98. The summed E-state index contributed by atoms with van der Waals surface area (Å²) in [5.74, 6) is 1.35. The molecule has 2 aromatic rings. The topological polar surface area (TPSA) is 55.8 Å². The number of amides is 1. The van der Waals surface area contributed by atoms with E-state index in [0.29, 0.717) is 30.1 Å². The Bertz CT molecular complexity index is 929. The molecule has 0 saturated carbocycles. The number of ketones is 1. The lowest BCUT2D eigenvalue weighted by Gasteiger charge is -2.16. The number of ether oxygens (including phenoxy) is 2. The molecule has 0 spiro atoms. The second kappa shape index (κ2) is 12.7. The van der Waals surface area contributed by atoms with Crippen LogP contribution in [-0.2, 0) is 6.42 Å². The molecule has 5 nitrogen and oxygen atoms in total. The monoisotopic (exact) mass is 437 g/mol. The van der Waals surface area contributed by atoms with Crippen molar-refractivity contribution < 1.29 is 19.1 Å². The van der Waals surface area contributed by atoms with Gasteiger partial charge in [-0.3, -0.25) is 9.59 Å². The number of rotatable bonds is 12. The average Bonchev–Trinajstić information content (AvgIpc) is 2.80. The zero-order chi connectivity index (χ0) is 23.5. The number of nitrogens with zero attached hydrogens (tertiary/aromatic N) is 1. The van der Waals surface area contributed by atoms with Crippen molar-refractivity contribution in [1.29, 1.82) is 0 Å². The Morgan fingerprint density at radius 2 is 1.44 bits per heavy atom. The molecule has 0 bridgehead atoms. The number of carbonyl (C=O) groups excluding carboxylic acids is 2. The van der Waals surface area contributed by atoms with Crippen molar-refractivity contribution in [3.05, 3.63) is 64.7 Å². The van der Waals surface area contributed by atoms with Gasteiger partial charge in [0.05, 0.1) is 13.2 Å². The van der Waals surface area contributed by atoms with Crippen molar-refractivity contribution in [3.63, 3.8) is 0 Å². The van der Waals surface area contributed by atoms with E-state index < -0.39 is 0 Å². The highest BCUT2D eigenvalue weighted by Gasteiger charge is 2.12. The van der Waals surface area contributed by atoms with Crippen LogP contribution >= 0.6 is 0 Å². The number of carbonyl (C=O) groups is 2. The minimum absolute atomic E-state index is 0.0916. The van der Waals surface area contributed by atoms with Crippen molar-refractivity contribution in [1.82, 2.24) is 4.90 Å². The van der Waals surface area contributed by atoms with Gasteiger partial charge < -0.3 is 14.4 Å². The Kier molecular flexibility index (Phi) is 9.99. The van der Waals surface area contributed by atoms with Gasteiger partial charge in [0.25, 0.3) is 5.91 Å². The molecule has 0 heterocycles. The van der Waals surface area contributed by atoms with Crippen LogP contribution in [0.2, 0.25) is 0 Å². The fourth-order valence-electron chi connectivity index (χ4n) is 3.20. The number of hydrogen-bond acceptors (Lipinski definition) is 4. The summed E-state index contributed by atoms with van der Waals surface area (Å²) < 4.78 is 11.9. The van der Waals surface area contributed by atoms with E-state index in [0.717, 1.165) is 42.6 Å². The van der Waals surface area contributed by atoms with Crippen molar-refractivity contribution >= 4 is 17.8 Å². The maximum atomic E-state index is 12.7. The van der Waals surface area contributed by atoms with Crippen LogP contribution < -0.4 is 9.47 Å².